The third-order valence-electron chi connectivity index (χ3n) is 4.71. The normalized spacial score (nSPS) is 11.6. The van der Waals surface area contributed by atoms with E-state index in [1.165, 1.54) is 70.6 Å². The first-order valence-electron chi connectivity index (χ1n) is 12.0. The molecule has 10 heteroatoms. The van der Waals surface area contributed by atoms with Gasteiger partial charge in [-0.05, 0) is 6.42 Å². The second-order valence-corrected chi connectivity index (χ2v) is 8.62. The van der Waals surface area contributed by atoms with E-state index in [1.54, 1.807) is 0 Å². The average molecular weight is 493 g/mol. The van der Waals surface area contributed by atoms with Crippen molar-refractivity contribution < 1.29 is 65.7 Å². The summed E-state index contributed by atoms with van der Waals surface area (Å²) in [6, 6.07) is 0. The summed E-state index contributed by atoms with van der Waals surface area (Å²) >= 11 is 0. The molecule has 0 aromatic rings. The molecule has 0 rings (SSSR count). The van der Waals surface area contributed by atoms with Crippen LogP contribution in [0.3, 0.4) is 0 Å². The molecule has 0 spiro atoms. The van der Waals surface area contributed by atoms with Crippen molar-refractivity contribution >= 4 is 10.4 Å². The number of ether oxygens (including phenoxy) is 4. The van der Waals surface area contributed by atoms with Crippen molar-refractivity contribution in [3.63, 3.8) is 0 Å². The molecule has 0 saturated heterocycles. The van der Waals surface area contributed by atoms with Crippen molar-refractivity contribution in [3.8, 4) is 0 Å². The fourth-order valence-corrected chi connectivity index (χ4v) is 3.27. The zero-order valence-electron chi connectivity index (χ0n) is 20.5. The SMILES string of the molecule is CCCCCCCCCCCCCCOCCOCCOCCOCCOS(=O)(=O)[O-].[Na+]. The molecule has 8 nitrogen and oxygen atoms in total. The Morgan fingerprint density at radius 2 is 0.812 bits per heavy atom. The van der Waals surface area contributed by atoms with Gasteiger partial charge in [0.05, 0.1) is 52.9 Å². The molecule has 0 aromatic carbocycles. The fraction of sp³-hybridized carbons (Fsp3) is 1.00. The molecule has 0 aromatic heterocycles. The Bertz CT molecular complexity index is 451. The third kappa shape index (κ3) is 32.9. The Kier molecular flexibility index (Phi) is 30.5. The minimum absolute atomic E-state index is 0. The second-order valence-electron chi connectivity index (χ2n) is 7.57. The van der Waals surface area contributed by atoms with Crippen molar-refractivity contribution in [2.24, 2.45) is 0 Å². The first-order valence-corrected chi connectivity index (χ1v) is 13.3. The van der Waals surface area contributed by atoms with Crippen molar-refractivity contribution in [1.29, 1.82) is 0 Å². The van der Waals surface area contributed by atoms with Crippen LogP contribution in [0.4, 0.5) is 0 Å². The van der Waals surface area contributed by atoms with Crippen LogP contribution in [0, 0.1) is 0 Å². The number of rotatable bonds is 26. The van der Waals surface area contributed by atoms with E-state index in [2.05, 4.69) is 11.1 Å². The van der Waals surface area contributed by atoms with Crippen LogP contribution in [-0.4, -0.2) is 72.4 Å². The van der Waals surface area contributed by atoms with Gasteiger partial charge in [-0.15, -0.1) is 0 Å². The molecule has 0 bridgehead atoms. The molecule has 0 heterocycles. The summed E-state index contributed by atoms with van der Waals surface area (Å²) in [7, 11) is -4.64. The van der Waals surface area contributed by atoms with Crippen LogP contribution < -0.4 is 29.6 Å². The smallest absolute Gasteiger partial charge is 0.726 e. The third-order valence-corrected chi connectivity index (χ3v) is 5.17. The molecule has 0 aliphatic carbocycles. The van der Waals surface area contributed by atoms with E-state index in [0.717, 1.165) is 13.0 Å². The molecule has 0 amide bonds. The zero-order chi connectivity index (χ0) is 22.9. The number of unbranched alkanes of at least 4 members (excludes halogenated alkanes) is 11. The molecule has 0 atom stereocenters. The van der Waals surface area contributed by atoms with Crippen LogP contribution in [0.2, 0.25) is 0 Å². The predicted octanol–water partition coefficient (Wildman–Crippen LogP) is 1.23. The van der Waals surface area contributed by atoms with E-state index in [1.807, 2.05) is 0 Å². The van der Waals surface area contributed by atoms with Gasteiger partial charge in [-0.2, -0.15) is 0 Å². The summed E-state index contributed by atoms with van der Waals surface area (Å²) in [6.07, 6.45) is 16.1. The summed E-state index contributed by atoms with van der Waals surface area (Å²) in [4.78, 5) is 0. The Morgan fingerprint density at radius 3 is 1.19 bits per heavy atom. The summed E-state index contributed by atoms with van der Waals surface area (Å²) in [5, 5.41) is 0. The Labute approximate surface area is 218 Å². The zero-order valence-corrected chi connectivity index (χ0v) is 23.3. The van der Waals surface area contributed by atoms with E-state index in [9.17, 15) is 13.0 Å². The topological polar surface area (TPSA) is 103 Å². The standard InChI is InChI=1S/C22H46O8S.Na/c1-2-3-4-5-6-7-8-9-10-11-12-13-14-26-15-16-27-17-18-28-19-20-29-21-22-30-31(23,24)25;/h2-22H2,1H3,(H,23,24,25);/q;+1/p-1. The van der Waals surface area contributed by atoms with Crippen LogP contribution in [-0.2, 0) is 33.5 Å². The summed E-state index contributed by atoms with van der Waals surface area (Å²) < 4.78 is 55.9. The quantitative estimate of drug-likeness (QED) is 0.0769. The summed E-state index contributed by atoms with van der Waals surface area (Å²) in [5.74, 6) is 0. The summed E-state index contributed by atoms with van der Waals surface area (Å²) in [5.41, 5.74) is 0. The molecule has 0 fully saturated rings. The molecular weight excluding hydrogens is 447 g/mol. The van der Waals surface area contributed by atoms with E-state index in [-0.39, 0.29) is 42.8 Å². The molecule has 0 saturated carbocycles. The van der Waals surface area contributed by atoms with E-state index < -0.39 is 10.4 Å². The van der Waals surface area contributed by atoms with Crippen molar-refractivity contribution in [2.75, 3.05) is 59.5 Å². The molecule has 0 N–H and O–H groups in total. The van der Waals surface area contributed by atoms with Crippen LogP contribution >= 0.6 is 0 Å². The molecule has 0 aliphatic heterocycles. The maximum absolute atomic E-state index is 10.2. The largest absolute Gasteiger partial charge is 1.00 e. The molecule has 0 aliphatic rings. The van der Waals surface area contributed by atoms with Gasteiger partial charge in [0.15, 0.2) is 0 Å². The maximum atomic E-state index is 10.2. The fourth-order valence-electron chi connectivity index (χ4n) is 3.00. The van der Waals surface area contributed by atoms with Crippen LogP contribution in [0.25, 0.3) is 0 Å². The van der Waals surface area contributed by atoms with Gasteiger partial charge in [-0.3, -0.25) is 4.18 Å². The maximum Gasteiger partial charge on any atom is 1.00 e. The first kappa shape index (κ1) is 34.9. The van der Waals surface area contributed by atoms with E-state index in [4.69, 9.17) is 18.9 Å². The van der Waals surface area contributed by atoms with Crippen molar-refractivity contribution in [1.82, 2.24) is 0 Å². The van der Waals surface area contributed by atoms with Gasteiger partial charge in [-0.25, -0.2) is 8.42 Å². The molecule has 32 heavy (non-hydrogen) atoms. The van der Waals surface area contributed by atoms with Crippen LogP contribution in [0.5, 0.6) is 0 Å². The second kappa shape index (κ2) is 28.0. The molecule has 188 valence electrons. The van der Waals surface area contributed by atoms with E-state index in [0.29, 0.717) is 39.6 Å². The van der Waals surface area contributed by atoms with Gasteiger partial charge in [0.2, 0.25) is 10.4 Å². The van der Waals surface area contributed by atoms with Crippen LogP contribution in [0.1, 0.15) is 84.0 Å². The van der Waals surface area contributed by atoms with Gasteiger partial charge in [0.25, 0.3) is 0 Å². The van der Waals surface area contributed by atoms with Gasteiger partial charge in [0, 0.05) is 6.61 Å². The Hall–Kier alpha value is 0.710. The average Bonchev–Trinajstić information content (AvgIpc) is 2.73. The minimum Gasteiger partial charge on any atom is -0.726 e. The predicted molar refractivity (Wildman–Crippen MR) is 120 cm³/mol. The Balaban J connectivity index is 0. The first-order chi connectivity index (χ1) is 15.1. The van der Waals surface area contributed by atoms with Crippen LogP contribution in [0.15, 0.2) is 0 Å². The van der Waals surface area contributed by atoms with Gasteiger partial charge < -0.3 is 23.5 Å². The Morgan fingerprint density at radius 1 is 0.500 bits per heavy atom. The monoisotopic (exact) mass is 492 g/mol. The molecular formula is C22H45NaO8S. The summed E-state index contributed by atoms with van der Waals surface area (Å²) in [6.45, 7) is 5.56. The van der Waals surface area contributed by atoms with Gasteiger partial charge in [0.1, 0.15) is 0 Å². The number of hydrogen-bond acceptors (Lipinski definition) is 8. The van der Waals surface area contributed by atoms with Gasteiger partial charge >= 0.3 is 29.6 Å². The molecule has 0 radical (unpaired) electrons. The minimum atomic E-state index is -4.64. The van der Waals surface area contributed by atoms with Crippen molar-refractivity contribution in [3.05, 3.63) is 0 Å². The van der Waals surface area contributed by atoms with Gasteiger partial charge in [-0.1, -0.05) is 77.6 Å². The molecule has 0 unspecified atom stereocenters. The number of hydrogen-bond donors (Lipinski definition) is 0. The van der Waals surface area contributed by atoms with Crippen molar-refractivity contribution in [2.45, 2.75) is 84.0 Å². The van der Waals surface area contributed by atoms with E-state index >= 15 is 0 Å².